The Balaban J connectivity index is 1.54. The number of hydrogen-bond acceptors (Lipinski definition) is 4. The average Bonchev–Trinajstić information content (AvgIpc) is 2.58. The van der Waals surface area contributed by atoms with Gasteiger partial charge in [0.15, 0.2) is 5.11 Å². The zero-order valence-electron chi connectivity index (χ0n) is 12.6. The van der Waals surface area contributed by atoms with Gasteiger partial charge in [-0.25, -0.2) is 9.97 Å². The van der Waals surface area contributed by atoms with Crippen LogP contribution in [0.25, 0.3) is 0 Å². The lowest BCUT2D eigenvalue weighted by molar-refractivity contribution is 0.388. The van der Waals surface area contributed by atoms with Crippen LogP contribution in [0.1, 0.15) is 5.56 Å². The summed E-state index contributed by atoms with van der Waals surface area (Å²) >= 11 is 5.51. The molecule has 0 spiro atoms. The fourth-order valence-corrected chi connectivity index (χ4v) is 2.70. The molecule has 0 atom stereocenters. The molecule has 2 heterocycles. The summed E-state index contributed by atoms with van der Waals surface area (Å²) in [5.41, 5.74) is 2.28. The molecule has 0 unspecified atom stereocenters. The van der Waals surface area contributed by atoms with Crippen LogP contribution in [0.3, 0.4) is 0 Å². The third-order valence-corrected chi connectivity index (χ3v) is 4.06. The third kappa shape index (κ3) is 3.51. The summed E-state index contributed by atoms with van der Waals surface area (Å²) in [4.78, 5) is 13.0. The number of nitrogens with zero attached hydrogens (tertiary/aromatic N) is 4. The van der Waals surface area contributed by atoms with Crippen LogP contribution in [0.15, 0.2) is 42.7 Å². The highest BCUT2D eigenvalue weighted by Gasteiger charge is 2.20. The summed E-state index contributed by atoms with van der Waals surface area (Å²) in [6, 6.07) is 10.1. The molecular formula is C16H19N5S. The molecule has 0 amide bonds. The molecular weight excluding hydrogens is 294 g/mol. The summed E-state index contributed by atoms with van der Waals surface area (Å²) in [6.07, 6.45) is 3.55. The van der Waals surface area contributed by atoms with Crippen molar-refractivity contribution in [3.8, 4) is 0 Å². The maximum atomic E-state index is 5.51. The molecule has 1 aliphatic heterocycles. The van der Waals surface area contributed by atoms with E-state index in [4.69, 9.17) is 12.2 Å². The van der Waals surface area contributed by atoms with Crippen LogP contribution in [0.5, 0.6) is 0 Å². The van der Waals surface area contributed by atoms with Crippen LogP contribution in [0.2, 0.25) is 0 Å². The van der Waals surface area contributed by atoms with Gasteiger partial charge in [-0.2, -0.15) is 0 Å². The van der Waals surface area contributed by atoms with E-state index in [-0.39, 0.29) is 0 Å². The fraction of sp³-hybridized carbons (Fsp3) is 0.312. The highest BCUT2D eigenvalue weighted by molar-refractivity contribution is 7.80. The van der Waals surface area contributed by atoms with E-state index in [2.05, 4.69) is 56.3 Å². The van der Waals surface area contributed by atoms with Crippen molar-refractivity contribution in [1.82, 2.24) is 14.9 Å². The van der Waals surface area contributed by atoms with Crippen LogP contribution in [-0.2, 0) is 0 Å². The average molecular weight is 313 g/mol. The van der Waals surface area contributed by atoms with Crippen molar-refractivity contribution < 1.29 is 0 Å². The maximum absolute atomic E-state index is 5.51. The Hall–Kier alpha value is -2.21. The molecule has 1 N–H and O–H groups in total. The Morgan fingerprint density at radius 1 is 1.05 bits per heavy atom. The minimum Gasteiger partial charge on any atom is -0.345 e. The predicted molar refractivity (Wildman–Crippen MR) is 93.2 cm³/mol. The molecule has 1 fully saturated rings. The second-order valence-corrected chi connectivity index (χ2v) is 5.71. The number of thiocarbonyl (C=S) groups is 1. The number of aryl methyl sites for hydroxylation is 1. The standard InChI is InChI=1S/C16H19N5S/c1-13-3-5-14(6-4-13)19-16(22)21-11-9-20(10-12-21)15-17-7-2-8-18-15/h2-8H,9-12H2,1H3,(H,19,22). The van der Waals surface area contributed by atoms with Gasteiger partial charge in [-0.1, -0.05) is 17.7 Å². The number of aromatic nitrogens is 2. The smallest absolute Gasteiger partial charge is 0.225 e. The van der Waals surface area contributed by atoms with Crippen molar-refractivity contribution in [2.24, 2.45) is 0 Å². The Morgan fingerprint density at radius 3 is 2.32 bits per heavy atom. The Labute approximate surface area is 136 Å². The number of hydrogen-bond donors (Lipinski definition) is 1. The molecule has 1 aromatic carbocycles. The van der Waals surface area contributed by atoms with Gasteiger partial charge in [-0.15, -0.1) is 0 Å². The molecule has 1 aromatic heterocycles. The predicted octanol–water partition coefficient (Wildman–Crippen LogP) is 2.30. The van der Waals surface area contributed by atoms with Crippen molar-refractivity contribution in [2.75, 3.05) is 36.4 Å². The summed E-state index contributed by atoms with van der Waals surface area (Å²) in [7, 11) is 0. The summed E-state index contributed by atoms with van der Waals surface area (Å²) in [5.74, 6) is 0.791. The number of piperazine rings is 1. The van der Waals surface area contributed by atoms with Gasteiger partial charge in [-0.3, -0.25) is 0 Å². The molecule has 0 saturated carbocycles. The maximum Gasteiger partial charge on any atom is 0.225 e. The van der Waals surface area contributed by atoms with Crippen molar-refractivity contribution in [1.29, 1.82) is 0 Å². The minimum absolute atomic E-state index is 0.775. The lowest BCUT2D eigenvalue weighted by Gasteiger charge is -2.36. The number of benzene rings is 1. The van der Waals surface area contributed by atoms with Crippen LogP contribution in [-0.4, -0.2) is 46.2 Å². The first-order valence-electron chi connectivity index (χ1n) is 7.37. The van der Waals surface area contributed by atoms with Crippen LogP contribution in [0, 0.1) is 6.92 Å². The first-order valence-corrected chi connectivity index (χ1v) is 7.78. The van der Waals surface area contributed by atoms with E-state index in [1.54, 1.807) is 12.4 Å². The molecule has 114 valence electrons. The Bertz CT molecular complexity index is 621. The lowest BCUT2D eigenvalue weighted by Crippen LogP contribution is -2.50. The SMILES string of the molecule is Cc1ccc(NC(=S)N2CCN(c3ncccn3)CC2)cc1. The molecule has 1 aliphatic rings. The van der Waals surface area contributed by atoms with Gasteiger partial charge >= 0.3 is 0 Å². The van der Waals surface area contributed by atoms with Crippen LogP contribution >= 0.6 is 12.2 Å². The summed E-state index contributed by atoms with van der Waals surface area (Å²) in [5, 5.41) is 4.08. The molecule has 3 rings (SSSR count). The molecule has 6 heteroatoms. The molecule has 0 aliphatic carbocycles. The van der Waals surface area contributed by atoms with Gasteiger partial charge in [-0.05, 0) is 37.3 Å². The van der Waals surface area contributed by atoms with E-state index in [1.807, 2.05) is 6.07 Å². The van der Waals surface area contributed by atoms with Gasteiger partial charge < -0.3 is 15.1 Å². The highest BCUT2D eigenvalue weighted by Crippen LogP contribution is 2.13. The minimum atomic E-state index is 0.775. The monoisotopic (exact) mass is 313 g/mol. The van der Waals surface area contributed by atoms with Crippen molar-refractivity contribution in [2.45, 2.75) is 6.92 Å². The zero-order chi connectivity index (χ0) is 15.4. The number of anilines is 2. The van der Waals surface area contributed by atoms with Crippen LogP contribution < -0.4 is 10.2 Å². The van der Waals surface area contributed by atoms with E-state index in [0.717, 1.165) is 42.9 Å². The van der Waals surface area contributed by atoms with Gasteiger partial charge in [0.05, 0.1) is 0 Å². The molecule has 0 radical (unpaired) electrons. The number of rotatable bonds is 2. The van der Waals surface area contributed by atoms with E-state index in [0.29, 0.717) is 0 Å². The van der Waals surface area contributed by atoms with Gasteiger partial charge in [0.2, 0.25) is 5.95 Å². The van der Waals surface area contributed by atoms with E-state index >= 15 is 0 Å². The van der Waals surface area contributed by atoms with Crippen LogP contribution in [0.4, 0.5) is 11.6 Å². The van der Waals surface area contributed by atoms with E-state index < -0.39 is 0 Å². The quantitative estimate of drug-likeness (QED) is 0.858. The Morgan fingerprint density at radius 2 is 1.68 bits per heavy atom. The summed E-state index contributed by atoms with van der Waals surface area (Å²) in [6.45, 7) is 5.57. The molecule has 1 saturated heterocycles. The second-order valence-electron chi connectivity index (χ2n) is 5.32. The molecule has 0 bridgehead atoms. The largest absolute Gasteiger partial charge is 0.345 e. The third-order valence-electron chi connectivity index (χ3n) is 3.70. The lowest BCUT2D eigenvalue weighted by atomic mass is 10.2. The fourth-order valence-electron chi connectivity index (χ4n) is 2.40. The summed E-state index contributed by atoms with van der Waals surface area (Å²) < 4.78 is 0. The first-order chi connectivity index (χ1) is 10.7. The van der Waals surface area contributed by atoms with E-state index in [1.165, 1.54) is 5.56 Å². The Kier molecular flexibility index (Phi) is 4.48. The van der Waals surface area contributed by atoms with E-state index in [9.17, 15) is 0 Å². The molecule has 2 aromatic rings. The molecule has 22 heavy (non-hydrogen) atoms. The highest BCUT2D eigenvalue weighted by atomic mass is 32.1. The topological polar surface area (TPSA) is 44.3 Å². The second kappa shape index (κ2) is 6.70. The normalized spacial score (nSPS) is 14.8. The number of nitrogens with one attached hydrogen (secondary N) is 1. The van der Waals surface area contributed by atoms with Crippen molar-refractivity contribution in [3.63, 3.8) is 0 Å². The first kappa shape index (κ1) is 14.7. The van der Waals surface area contributed by atoms with Crippen molar-refractivity contribution >= 4 is 29.0 Å². The van der Waals surface area contributed by atoms with Gasteiger partial charge in [0, 0.05) is 44.3 Å². The van der Waals surface area contributed by atoms with Gasteiger partial charge in [0.25, 0.3) is 0 Å². The van der Waals surface area contributed by atoms with Gasteiger partial charge in [0.1, 0.15) is 0 Å². The molecule has 5 nitrogen and oxygen atoms in total. The van der Waals surface area contributed by atoms with Crippen molar-refractivity contribution in [3.05, 3.63) is 48.3 Å². The zero-order valence-corrected chi connectivity index (χ0v) is 13.4.